The molecule has 0 aliphatic carbocycles. The van der Waals surface area contributed by atoms with E-state index >= 15 is 0 Å². The third-order valence-electron chi connectivity index (χ3n) is 4.02. The maximum absolute atomic E-state index is 12.4. The lowest BCUT2D eigenvalue weighted by molar-refractivity contribution is -0.151. The third-order valence-corrected chi connectivity index (χ3v) is 4.02. The molecule has 2 unspecified atom stereocenters. The number of likely N-dealkylation sites (tertiary alicyclic amines) is 1. The fourth-order valence-corrected chi connectivity index (χ4v) is 2.79. The van der Waals surface area contributed by atoms with Gasteiger partial charge in [0.2, 0.25) is 5.91 Å². The Labute approximate surface area is 143 Å². The summed E-state index contributed by atoms with van der Waals surface area (Å²) in [5, 5.41) is 0. The number of ether oxygens (including phenoxy) is 1. The summed E-state index contributed by atoms with van der Waals surface area (Å²) in [7, 11) is 0. The summed E-state index contributed by atoms with van der Waals surface area (Å²) in [5.74, 6) is -0.400. The van der Waals surface area contributed by atoms with E-state index in [-0.39, 0.29) is 42.7 Å². The van der Waals surface area contributed by atoms with Crippen molar-refractivity contribution < 1.29 is 14.3 Å². The molecule has 1 aliphatic rings. The predicted molar refractivity (Wildman–Crippen MR) is 91.2 cm³/mol. The summed E-state index contributed by atoms with van der Waals surface area (Å²) >= 11 is 0. The molecule has 0 spiro atoms. The second-order valence-electron chi connectivity index (χ2n) is 5.65. The molecule has 1 saturated heterocycles. The van der Waals surface area contributed by atoms with E-state index in [1.807, 2.05) is 30.3 Å². The quantitative estimate of drug-likeness (QED) is 0.835. The van der Waals surface area contributed by atoms with E-state index in [9.17, 15) is 9.59 Å². The highest BCUT2D eigenvalue weighted by Crippen LogP contribution is 2.21. The molecule has 1 aliphatic heterocycles. The van der Waals surface area contributed by atoms with Gasteiger partial charge in [0, 0.05) is 25.6 Å². The lowest BCUT2D eigenvalue weighted by Crippen LogP contribution is -2.43. The van der Waals surface area contributed by atoms with Crippen molar-refractivity contribution in [1.29, 1.82) is 0 Å². The Bertz CT molecular complexity index is 510. The van der Waals surface area contributed by atoms with Gasteiger partial charge in [0.15, 0.2) is 0 Å². The normalized spacial score (nSPS) is 18.7. The number of rotatable bonds is 5. The molecule has 0 bridgehead atoms. The smallest absolute Gasteiger partial charge is 0.310 e. The monoisotopic (exact) mass is 340 g/mol. The largest absolute Gasteiger partial charge is 0.466 e. The van der Waals surface area contributed by atoms with Crippen LogP contribution in [-0.4, -0.2) is 36.5 Å². The molecule has 23 heavy (non-hydrogen) atoms. The van der Waals surface area contributed by atoms with E-state index in [1.54, 1.807) is 11.8 Å². The predicted octanol–water partition coefficient (Wildman–Crippen LogP) is 2.30. The number of hydrogen-bond donors (Lipinski definition) is 1. The first-order valence-corrected chi connectivity index (χ1v) is 7.86. The molecule has 2 N–H and O–H groups in total. The lowest BCUT2D eigenvalue weighted by Gasteiger charge is -2.32. The molecule has 2 atom stereocenters. The van der Waals surface area contributed by atoms with Crippen LogP contribution in [0.15, 0.2) is 30.3 Å². The van der Waals surface area contributed by atoms with Crippen molar-refractivity contribution in [2.24, 2.45) is 11.7 Å². The second kappa shape index (κ2) is 9.53. The molecule has 5 nitrogen and oxygen atoms in total. The number of hydrogen-bond acceptors (Lipinski definition) is 4. The van der Waals surface area contributed by atoms with Gasteiger partial charge >= 0.3 is 5.97 Å². The van der Waals surface area contributed by atoms with E-state index in [4.69, 9.17) is 10.5 Å². The fourth-order valence-electron chi connectivity index (χ4n) is 2.79. The Hall–Kier alpha value is -1.59. The molecular weight excluding hydrogens is 316 g/mol. The van der Waals surface area contributed by atoms with Gasteiger partial charge in [-0.05, 0) is 25.3 Å². The molecule has 0 radical (unpaired) electrons. The van der Waals surface area contributed by atoms with Crippen LogP contribution in [-0.2, 0) is 14.3 Å². The number of esters is 1. The van der Waals surface area contributed by atoms with E-state index in [1.165, 1.54) is 0 Å². The van der Waals surface area contributed by atoms with Gasteiger partial charge < -0.3 is 15.4 Å². The van der Waals surface area contributed by atoms with Crippen LogP contribution in [0.2, 0.25) is 0 Å². The minimum Gasteiger partial charge on any atom is -0.466 e. The highest BCUT2D eigenvalue weighted by atomic mass is 35.5. The van der Waals surface area contributed by atoms with Gasteiger partial charge in [0.05, 0.1) is 12.5 Å². The van der Waals surface area contributed by atoms with Crippen molar-refractivity contribution in [3.05, 3.63) is 35.9 Å². The molecule has 2 rings (SSSR count). The molecule has 6 heteroatoms. The molecule has 1 amide bonds. The Balaban J connectivity index is 0.00000264. The van der Waals surface area contributed by atoms with Crippen molar-refractivity contribution in [1.82, 2.24) is 4.90 Å². The van der Waals surface area contributed by atoms with E-state index in [0.29, 0.717) is 19.7 Å². The first-order valence-electron chi connectivity index (χ1n) is 7.86. The average molecular weight is 341 g/mol. The van der Waals surface area contributed by atoms with Crippen molar-refractivity contribution in [2.75, 3.05) is 19.7 Å². The van der Waals surface area contributed by atoms with E-state index < -0.39 is 0 Å². The number of amides is 1. The number of piperidine rings is 1. The van der Waals surface area contributed by atoms with E-state index in [2.05, 4.69) is 0 Å². The SMILES string of the molecule is CCOC(=O)C1CCCN(C(=O)CC(N)c2ccccc2)C1.Cl. The molecule has 1 aromatic carbocycles. The minimum atomic E-state index is -0.309. The van der Waals surface area contributed by atoms with Crippen LogP contribution in [0.25, 0.3) is 0 Å². The molecule has 1 aromatic rings. The summed E-state index contributed by atoms with van der Waals surface area (Å²) < 4.78 is 5.06. The molecule has 128 valence electrons. The molecule has 0 aromatic heterocycles. The van der Waals surface area contributed by atoms with Crippen LogP contribution < -0.4 is 5.73 Å². The lowest BCUT2D eigenvalue weighted by atomic mass is 9.97. The number of carbonyl (C=O) groups is 2. The minimum absolute atomic E-state index is 0. The van der Waals surface area contributed by atoms with Gasteiger partial charge in [-0.2, -0.15) is 0 Å². The number of nitrogens with zero attached hydrogens (tertiary/aromatic N) is 1. The molecule has 1 heterocycles. The zero-order valence-electron chi connectivity index (χ0n) is 13.4. The summed E-state index contributed by atoms with van der Waals surface area (Å²) in [4.78, 5) is 26.0. The van der Waals surface area contributed by atoms with E-state index in [0.717, 1.165) is 18.4 Å². The maximum atomic E-state index is 12.4. The summed E-state index contributed by atoms with van der Waals surface area (Å²) in [6.07, 6.45) is 1.88. The average Bonchev–Trinajstić information content (AvgIpc) is 2.56. The number of carbonyl (C=O) groups excluding carboxylic acids is 2. The van der Waals surface area contributed by atoms with Gasteiger partial charge in [-0.3, -0.25) is 9.59 Å². The zero-order valence-corrected chi connectivity index (χ0v) is 14.3. The van der Waals surface area contributed by atoms with Crippen molar-refractivity contribution in [3.63, 3.8) is 0 Å². The van der Waals surface area contributed by atoms with Crippen molar-refractivity contribution >= 4 is 24.3 Å². The highest BCUT2D eigenvalue weighted by Gasteiger charge is 2.29. The van der Waals surface area contributed by atoms with Crippen LogP contribution in [0.1, 0.15) is 37.8 Å². The zero-order chi connectivity index (χ0) is 15.9. The number of benzene rings is 1. The first-order chi connectivity index (χ1) is 10.6. The topological polar surface area (TPSA) is 72.6 Å². The summed E-state index contributed by atoms with van der Waals surface area (Å²) in [5.41, 5.74) is 7.06. The van der Waals surface area contributed by atoms with Gasteiger partial charge in [0.1, 0.15) is 0 Å². The van der Waals surface area contributed by atoms with Gasteiger partial charge in [-0.25, -0.2) is 0 Å². The fraction of sp³-hybridized carbons (Fsp3) is 0.529. The van der Waals surface area contributed by atoms with Gasteiger partial charge in [-0.1, -0.05) is 30.3 Å². The first kappa shape index (κ1) is 19.5. The summed E-state index contributed by atoms with van der Waals surface area (Å²) in [6.45, 7) is 3.31. The van der Waals surface area contributed by atoms with Crippen LogP contribution in [0, 0.1) is 5.92 Å². The Kier molecular flexibility index (Phi) is 8.06. The third kappa shape index (κ3) is 5.52. The van der Waals surface area contributed by atoms with Gasteiger partial charge in [0.25, 0.3) is 0 Å². The molecule has 0 saturated carbocycles. The molecule has 1 fully saturated rings. The standard InChI is InChI=1S/C17H24N2O3.ClH/c1-2-22-17(21)14-9-6-10-19(12-14)16(20)11-15(18)13-7-4-3-5-8-13;/h3-5,7-8,14-15H,2,6,9-12,18H2,1H3;1H. The van der Waals surface area contributed by atoms with Gasteiger partial charge in [-0.15, -0.1) is 12.4 Å². The van der Waals surface area contributed by atoms with Crippen LogP contribution in [0.5, 0.6) is 0 Å². The number of halogens is 1. The second-order valence-corrected chi connectivity index (χ2v) is 5.65. The molecular formula is C17H25ClN2O3. The highest BCUT2D eigenvalue weighted by molar-refractivity contribution is 5.85. The summed E-state index contributed by atoms with van der Waals surface area (Å²) in [6, 6.07) is 9.29. The van der Waals surface area contributed by atoms with Crippen molar-refractivity contribution in [3.8, 4) is 0 Å². The Morgan fingerprint density at radius 2 is 2.04 bits per heavy atom. The van der Waals surface area contributed by atoms with Crippen LogP contribution in [0.4, 0.5) is 0 Å². The Morgan fingerprint density at radius 1 is 1.35 bits per heavy atom. The maximum Gasteiger partial charge on any atom is 0.310 e. The van der Waals surface area contributed by atoms with Crippen molar-refractivity contribution in [2.45, 2.75) is 32.2 Å². The number of nitrogens with two attached hydrogens (primary N) is 1. The Morgan fingerprint density at radius 3 is 2.70 bits per heavy atom. The van der Waals surface area contributed by atoms with Crippen LogP contribution in [0.3, 0.4) is 0 Å². The van der Waals surface area contributed by atoms with Crippen LogP contribution >= 0.6 is 12.4 Å².